The van der Waals surface area contributed by atoms with Crippen molar-refractivity contribution in [1.29, 1.82) is 0 Å². The van der Waals surface area contributed by atoms with E-state index in [4.69, 9.17) is 16.3 Å². The van der Waals surface area contributed by atoms with Gasteiger partial charge in [-0.15, -0.1) is 12.4 Å². The second-order valence-corrected chi connectivity index (χ2v) is 7.91. The van der Waals surface area contributed by atoms with Crippen LogP contribution in [0.15, 0.2) is 23.1 Å². The minimum absolute atomic E-state index is 0. The van der Waals surface area contributed by atoms with Crippen LogP contribution in [0.4, 0.5) is 0 Å². The Morgan fingerprint density at radius 2 is 2.09 bits per heavy atom. The Hall–Kier alpha value is -0.530. The Balaban J connectivity index is 0.00000264. The first-order valence-electron chi connectivity index (χ1n) is 7.51. The van der Waals surface area contributed by atoms with Gasteiger partial charge in [0.15, 0.2) is 0 Å². The van der Waals surface area contributed by atoms with Gasteiger partial charge in [0.2, 0.25) is 10.0 Å². The Morgan fingerprint density at radius 3 is 2.65 bits per heavy atom. The first kappa shape index (κ1) is 20.5. The van der Waals surface area contributed by atoms with Crippen molar-refractivity contribution in [2.45, 2.75) is 37.1 Å². The summed E-state index contributed by atoms with van der Waals surface area (Å²) in [6.45, 7) is 2.75. The predicted molar refractivity (Wildman–Crippen MR) is 95.2 cm³/mol. The number of likely N-dealkylation sites (N-methyl/N-ethyl adjacent to an activating group) is 1. The second kappa shape index (κ2) is 9.08. The smallest absolute Gasteiger partial charge is 0.244 e. The van der Waals surface area contributed by atoms with Crippen molar-refractivity contribution in [1.82, 2.24) is 10.0 Å². The Morgan fingerprint density at radius 1 is 1.39 bits per heavy atom. The molecule has 0 heterocycles. The van der Waals surface area contributed by atoms with E-state index in [1.807, 2.05) is 6.92 Å². The summed E-state index contributed by atoms with van der Waals surface area (Å²) in [7, 11) is -1.87. The van der Waals surface area contributed by atoms with E-state index in [0.717, 1.165) is 12.8 Å². The van der Waals surface area contributed by atoms with Crippen LogP contribution in [0.1, 0.15) is 26.2 Å². The zero-order chi connectivity index (χ0) is 16.2. The third kappa shape index (κ3) is 5.80. The third-order valence-corrected chi connectivity index (χ3v) is 5.65. The minimum atomic E-state index is -3.65. The van der Waals surface area contributed by atoms with Crippen LogP contribution in [-0.2, 0) is 10.0 Å². The van der Waals surface area contributed by atoms with E-state index in [1.54, 1.807) is 19.2 Å². The van der Waals surface area contributed by atoms with Gasteiger partial charge < -0.3 is 10.1 Å². The van der Waals surface area contributed by atoms with Crippen LogP contribution in [0.5, 0.6) is 5.75 Å². The number of benzene rings is 1. The highest BCUT2D eigenvalue weighted by Crippen LogP contribution is 2.31. The molecule has 0 amide bonds. The normalized spacial score (nSPS) is 16.3. The molecule has 1 aliphatic carbocycles. The summed E-state index contributed by atoms with van der Waals surface area (Å²) in [6, 6.07) is 4.74. The summed E-state index contributed by atoms with van der Waals surface area (Å²) in [5.41, 5.74) is 0. The van der Waals surface area contributed by atoms with Crippen LogP contribution in [0.2, 0.25) is 5.02 Å². The molecule has 0 radical (unpaired) electrons. The fourth-order valence-corrected chi connectivity index (χ4v) is 3.63. The number of sulfonamides is 1. The van der Waals surface area contributed by atoms with Gasteiger partial charge in [-0.05, 0) is 50.9 Å². The van der Waals surface area contributed by atoms with E-state index in [2.05, 4.69) is 10.0 Å². The van der Waals surface area contributed by atoms with Crippen molar-refractivity contribution >= 4 is 34.0 Å². The third-order valence-electron chi connectivity index (χ3n) is 3.97. The number of nitrogens with one attached hydrogen (secondary N) is 2. The zero-order valence-electron chi connectivity index (χ0n) is 13.3. The topological polar surface area (TPSA) is 67.4 Å². The van der Waals surface area contributed by atoms with Crippen molar-refractivity contribution < 1.29 is 13.2 Å². The Labute approximate surface area is 149 Å². The van der Waals surface area contributed by atoms with Gasteiger partial charge in [-0.2, -0.15) is 0 Å². The standard InChI is InChI=1S/C15H23ClN2O3S.ClH/c1-11(17-2)9-18-22(19,20)15-8-13(16)6-7-14(15)21-10-12-4-3-5-12;/h6-8,11-12,17-18H,3-5,9-10H2,1-2H3;1H. The molecule has 2 rings (SSSR count). The van der Waals surface area contributed by atoms with E-state index < -0.39 is 10.0 Å². The molecule has 2 N–H and O–H groups in total. The van der Waals surface area contributed by atoms with E-state index in [-0.39, 0.29) is 23.3 Å². The highest BCUT2D eigenvalue weighted by Gasteiger charge is 2.23. The molecule has 1 atom stereocenters. The molecule has 1 fully saturated rings. The molecule has 1 aliphatic rings. The maximum atomic E-state index is 12.5. The lowest BCUT2D eigenvalue weighted by Gasteiger charge is -2.25. The van der Waals surface area contributed by atoms with Crippen molar-refractivity contribution in [3.63, 3.8) is 0 Å². The quantitative estimate of drug-likeness (QED) is 0.725. The monoisotopic (exact) mass is 382 g/mol. The summed E-state index contributed by atoms with van der Waals surface area (Å²) in [5, 5.41) is 3.36. The van der Waals surface area contributed by atoms with Gasteiger partial charge in [-0.25, -0.2) is 13.1 Å². The zero-order valence-corrected chi connectivity index (χ0v) is 15.7. The average Bonchev–Trinajstić information content (AvgIpc) is 2.44. The number of halogens is 2. The highest BCUT2D eigenvalue weighted by atomic mass is 35.5. The molecule has 0 aromatic heterocycles. The molecule has 8 heteroatoms. The lowest BCUT2D eigenvalue weighted by atomic mass is 9.86. The molecule has 1 aromatic rings. The van der Waals surface area contributed by atoms with Crippen molar-refractivity contribution in [2.75, 3.05) is 20.2 Å². The summed E-state index contributed by atoms with van der Waals surface area (Å²) in [4.78, 5) is 0.0997. The maximum Gasteiger partial charge on any atom is 0.244 e. The fraction of sp³-hybridized carbons (Fsp3) is 0.600. The first-order valence-corrected chi connectivity index (χ1v) is 9.38. The maximum absolute atomic E-state index is 12.5. The van der Waals surface area contributed by atoms with E-state index in [0.29, 0.717) is 29.8 Å². The molecule has 5 nitrogen and oxygen atoms in total. The summed E-state index contributed by atoms with van der Waals surface area (Å²) < 4.78 is 33.3. The van der Waals surface area contributed by atoms with E-state index >= 15 is 0 Å². The molecule has 1 unspecified atom stereocenters. The number of hydrogen-bond acceptors (Lipinski definition) is 4. The van der Waals surface area contributed by atoms with Crippen LogP contribution in [0.25, 0.3) is 0 Å². The van der Waals surface area contributed by atoms with E-state index in [9.17, 15) is 8.42 Å². The van der Waals surface area contributed by atoms with E-state index in [1.165, 1.54) is 12.5 Å². The van der Waals surface area contributed by atoms with Gasteiger partial charge in [-0.3, -0.25) is 0 Å². The second-order valence-electron chi connectivity index (χ2n) is 5.74. The van der Waals surface area contributed by atoms with Gasteiger partial charge in [0.1, 0.15) is 10.6 Å². The predicted octanol–water partition coefficient (Wildman–Crippen LogP) is 2.83. The molecule has 1 saturated carbocycles. The largest absolute Gasteiger partial charge is 0.492 e. The lowest BCUT2D eigenvalue weighted by molar-refractivity contribution is 0.177. The number of ether oxygens (including phenoxy) is 1. The van der Waals surface area contributed by atoms with Crippen LogP contribution in [0, 0.1) is 5.92 Å². The summed E-state index contributed by atoms with van der Waals surface area (Å²) >= 11 is 5.95. The van der Waals surface area contributed by atoms with Gasteiger partial charge in [0.25, 0.3) is 0 Å². The molecular weight excluding hydrogens is 359 g/mol. The molecule has 0 aliphatic heterocycles. The number of rotatable bonds is 8. The van der Waals surface area contributed by atoms with Crippen molar-refractivity contribution in [3.05, 3.63) is 23.2 Å². The first-order chi connectivity index (χ1) is 10.4. The molecule has 1 aromatic carbocycles. The summed E-state index contributed by atoms with van der Waals surface area (Å²) in [5.74, 6) is 0.893. The fourth-order valence-electron chi connectivity index (χ4n) is 2.09. The Kier molecular flexibility index (Phi) is 8.10. The van der Waals surface area contributed by atoms with Crippen molar-refractivity contribution in [2.24, 2.45) is 5.92 Å². The summed E-state index contributed by atoms with van der Waals surface area (Å²) in [6.07, 6.45) is 3.52. The molecule has 0 saturated heterocycles. The van der Waals surface area contributed by atoms with Gasteiger partial charge >= 0.3 is 0 Å². The number of hydrogen-bond donors (Lipinski definition) is 2. The lowest BCUT2D eigenvalue weighted by Crippen LogP contribution is -2.37. The molecule has 0 bridgehead atoms. The van der Waals surface area contributed by atoms with Crippen LogP contribution in [0.3, 0.4) is 0 Å². The van der Waals surface area contributed by atoms with Crippen LogP contribution >= 0.6 is 24.0 Å². The van der Waals surface area contributed by atoms with Crippen LogP contribution in [-0.4, -0.2) is 34.7 Å². The minimum Gasteiger partial charge on any atom is -0.492 e. The van der Waals surface area contributed by atoms with Gasteiger partial charge in [0.05, 0.1) is 6.61 Å². The molecular formula is C15H24Cl2N2O3S. The highest BCUT2D eigenvalue weighted by molar-refractivity contribution is 7.89. The van der Waals surface area contributed by atoms with Gasteiger partial charge in [-0.1, -0.05) is 18.0 Å². The molecule has 23 heavy (non-hydrogen) atoms. The Bertz CT molecular complexity index is 607. The molecule has 0 spiro atoms. The molecule has 132 valence electrons. The SMILES string of the molecule is CNC(C)CNS(=O)(=O)c1cc(Cl)ccc1OCC1CCC1.Cl. The van der Waals surface area contributed by atoms with Crippen LogP contribution < -0.4 is 14.8 Å². The average molecular weight is 383 g/mol. The van der Waals surface area contributed by atoms with Crippen molar-refractivity contribution in [3.8, 4) is 5.75 Å². The van der Waals surface area contributed by atoms with Gasteiger partial charge in [0, 0.05) is 17.6 Å².